The number of halogens is 3. The van der Waals surface area contributed by atoms with E-state index in [1.807, 2.05) is 13.0 Å². The van der Waals surface area contributed by atoms with Crippen molar-refractivity contribution in [3.63, 3.8) is 0 Å². The molecular formula is C18H15Cl3N2O2. The highest BCUT2D eigenvalue weighted by Crippen LogP contribution is 2.31. The van der Waals surface area contributed by atoms with Crippen molar-refractivity contribution >= 4 is 58.0 Å². The Morgan fingerprint density at radius 2 is 1.88 bits per heavy atom. The zero-order valence-corrected chi connectivity index (χ0v) is 15.6. The molecule has 1 heterocycles. The van der Waals surface area contributed by atoms with Crippen LogP contribution in [-0.4, -0.2) is 18.4 Å². The summed E-state index contributed by atoms with van der Waals surface area (Å²) in [5.74, 6) is -0.775. The van der Waals surface area contributed by atoms with Gasteiger partial charge in [0.15, 0.2) is 0 Å². The molecule has 1 N–H and O–H groups in total. The molecule has 2 aromatic rings. The summed E-state index contributed by atoms with van der Waals surface area (Å²) >= 11 is 17.9. The topological polar surface area (TPSA) is 49.4 Å². The Morgan fingerprint density at radius 3 is 2.60 bits per heavy atom. The summed E-state index contributed by atoms with van der Waals surface area (Å²) in [6.07, 6.45) is 0.145. The second-order valence-corrected chi connectivity index (χ2v) is 7.20. The zero-order valence-electron chi connectivity index (χ0n) is 13.4. The second kappa shape index (κ2) is 7.24. The lowest BCUT2D eigenvalue weighted by Crippen LogP contribution is -2.28. The highest BCUT2D eigenvalue weighted by molar-refractivity contribution is 6.42. The summed E-state index contributed by atoms with van der Waals surface area (Å²) in [5, 5.41) is 4.19. The smallest absolute Gasteiger partial charge is 0.229 e. The molecule has 1 atom stereocenters. The van der Waals surface area contributed by atoms with Crippen molar-refractivity contribution in [1.29, 1.82) is 0 Å². The van der Waals surface area contributed by atoms with Crippen LogP contribution in [0.5, 0.6) is 0 Å². The van der Waals surface area contributed by atoms with Crippen LogP contribution in [0.15, 0.2) is 36.4 Å². The number of nitrogens with zero attached hydrogens (tertiary/aromatic N) is 1. The second-order valence-electron chi connectivity index (χ2n) is 5.95. The zero-order chi connectivity index (χ0) is 18.1. The molecule has 130 valence electrons. The van der Waals surface area contributed by atoms with Gasteiger partial charge in [0.05, 0.1) is 16.0 Å². The van der Waals surface area contributed by atoms with Crippen LogP contribution in [0, 0.1) is 12.8 Å². The van der Waals surface area contributed by atoms with Gasteiger partial charge in [-0.1, -0.05) is 40.9 Å². The minimum atomic E-state index is -0.444. The number of hydrogen-bond donors (Lipinski definition) is 1. The van der Waals surface area contributed by atoms with Crippen molar-refractivity contribution in [2.24, 2.45) is 5.92 Å². The van der Waals surface area contributed by atoms with Crippen molar-refractivity contribution in [3.8, 4) is 0 Å². The quantitative estimate of drug-likeness (QED) is 0.797. The van der Waals surface area contributed by atoms with E-state index < -0.39 is 5.92 Å². The van der Waals surface area contributed by atoms with Crippen molar-refractivity contribution < 1.29 is 9.59 Å². The predicted octanol–water partition coefficient (Wildman–Crippen LogP) is 4.95. The molecule has 1 aliphatic rings. The molecule has 0 bridgehead atoms. The summed E-state index contributed by atoms with van der Waals surface area (Å²) < 4.78 is 0. The summed E-state index contributed by atoms with van der Waals surface area (Å²) in [7, 11) is 0. The largest absolute Gasteiger partial charge is 0.325 e. The number of carbonyl (C=O) groups excluding carboxylic acids is 2. The van der Waals surface area contributed by atoms with Gasteiger partial charge in [0, 0.05) is 29.4 Å². The Morgan fingerprint density at radius 1 is 1.12 bits per heavy atom. The van der Waals surface area contributed by atoms with Gasteiger partial charge in [0.25, 0.3) is 0 Å². The third kappa shape index (κ3) is 3.92. The first-order valence-corrected chi connectivity index (χ1v) is 8.81. The lowest BCUT2D eigenvalue weighted by molar-refractivity contribution is -0.122. The molecule has 0 saturated carbocycles. The van der Waals surface area contributed by atoms with Crippen LogP contribution in [0.2, 0.25) is 15.1 Å². The lowest BCUT2D eigenvalue weighted by atomic mass is 10.1. The Kier molecular flexibility index (Phi) is 5.23. The third-order valence-electron chi connectivity index (χ3n) is 4.17. The first-order chi connectivity index (χ1) is 11.8. The third-order valence-corrected chi connectivity index (χ3v) is 5.14. The molecule has 7 heteroatoms. The van der Waals surface area contributed by atoms with Crippen LogP contribution in [-0.2, 0) is 9.59 Å². The Balaban J connectivity index is 1.74. The number of benzene rings is 2. The fraction of sp³-hybridized carbons (Fsp3) is 0.222. The number of hydrogen-bond acceptors (Lipinski definition) is 2. The highest BCUT2D eigenvalue weighted by Gasteiger charge is 2.35. The molecule has 2 aromatic carbocycles. The van der Waals surface area contributed by atoms with Gasteiger partial charge in [-0.25, -0.2) is 0 Å². The van der Waals surface area contributed by atoms with Crippen molar-refractivity contribution in [3.05, 3.63) is 57.0 Å². The number of aryl methyl sites for hydroxylation is 1. The first-order valence-electron chi connectivity index (χ1n) is 7.67. The van der Waals surface area contributed by atoms with Crippen LogP contribution >= 0.6 is 34.8 Å². The van der Waals surface area contributed by atoms with E-state index in [0.717, 1.165) is 5.56 Å². The molecule has 1 unspecified atom stereocenters. The number of nitrogens with one attached hydrogen (secondary N) is 1. The van der Waals surface area contributed by atoms with Gasteiger partial charge >= 0.3 is 0 Å². The van der Waals surface area contributed by atoms with Gasteiger partial charge in [0.2, 0.25) is 11.8 Å². The van der Waals surface area contributed by atoms with Crippen LogP contribution in [0.1, 0.15) is 12.0 Å². The average molecular weight is 398 g/mol. The van der Waals surface area contributed by atoms with E-state index >= 15 is 0 Å². The molecule has 1 saturated heterocycles. The number of anilines is 2. The summed E-state index contributed by atoms with van der Waals surface area (Å²) in [4.78, 5) is 26.4. The maximum absolute atomic E-state index is 12.5. The fourth-order valence-electron chi connectivity index (χ4n) is 2.75. The van der Waals surface area contributed by atoms with E-state index in [-0.39, 0.29) is 18.2 Å². The monoisotopic (exact) mass is 396 g/mol. The van der Waals surface area contributed by atoms with Crippen LogP contribution in [0.3, 0.4) is 0 Å². The van der Waals surface area contributed by atoms with Crippen LogP contribution in [0.25, 0.3) is 0 Å². The number of rotatable bonds is 3. The molecule has 1 aliphatic heterocycles. The molecule has 1 fully saturated rings. The molecule has 25 heavy (non-hydrogen) atoms. The molecule has 4 nitrogen and oxygen atoms in total. The molecule has 0 aliphatic carbocycles. The molecular weight excluding hydrogens is 383 g/mol. The van der Waals surface area contributed by atoms with E-state index in [9.17, 15) is 9.59 Å². The Bertz CT molecular complexity index is 854. The van der Waals surface area contributed by atoms with Gasteiger partial charge in [0.1, 0.15) is 0 Å². The Hall–Kier alpha value is -1.75. The maximum atomic E-state index is 12.5. The van der Waals surface area contributed by atoms with Gasteiger partial charge in [-0.15, -0.1) is 0 Å². The molecule has 0 spiro atoms. The number of amides is 2. The van der Waals surface area contributed by atoms with E-state index in [2.05, 4.69) is 5.32 Å². The fourth-order valence-corrected chi connectivity index (χ4v) is 3.21. The number of carbonyl (C=O) groups is 2. The average Bonchev–Trinajstić information content (AvgIpc) is 2.95. The van der Waals surface area contributed by atoms with Gasteiger partial charge < -0.3 is 10.2 Å². The normalized spacial score (nSPS) is 17.0. The molecule has 2 amide bonds. The summed E-state index contributed by atoms with van der Waals surface area (Å²) in [6, 6.07) is 10.3. The van der Waals surface area contributed by atoms with E-state index in [0.29, 0.717) is 33.0 Å². The Labute approximate surface area is 160 Å². The molecule has 0 radical (unpaired) electrons. The highest BCUT2D eigenvalue weighted by atomic mass is 35.5. The first kappa shape index (κ1) is 18.1. The van der Waals surface area contributed by atoms with Crippen molar-refractivity contribution in [2.75, 3.05) is 16.8 Å². The SMILES string of the molecule is Cc1ccc(Cl)cc1NC(=O)C1CC(=O)N(c2ccc(Cl)c(Cl)c2)C1. The van der Waals surface area contributed by atoms with Crippen LogP contribution < -0.4 is 10.2 Å². The standard InChI is InChI=1S/C18H15Cl3N2O2/c1-10-2-3-12(19)7-16(10)22-18(25)11-6-17(24)23(9-11)13-4-5-14(20)15(21)8-13/h2-5,7-8,11H,6,9H2,1H3,(H,22,25). The predicted molar refractivity (Wildman–Crippen MR) is 102 cm³/mol. The van der Waals surface area contributed by atoms with Crippen molar-refractivity contribution in [1.82, 2.24) is 0 Å². The van der Waals surface area contributed by atoms with Gasteiger partial charge in [-0.05, 0) is 42.8 Å². The minimum absolute atomic E-state index is 0.124. The molecule has 3 rings (SSSR count). The minimum Gasteiger partial charge on any atom is -0.325 e. The van der Waals surface area contributed by atoms with Crippen molar-refractivity contribution in [2.45, 2.75) is 13.3 Å². The lowest BCUT2D eigenvalue weighted by Gasteiger charge is -2.17. The van der Waals surface area contributed by atoms with Crippen LogP contribution in [0.4, 0.5) is 11.4 Å². The van der Waals surface area contributed by atoms with E-state index in [1.165, 1.54) is 0 Å². The van der Waals surface area contributed by atoms with E-state index in [1.54, 1.807) is 35.2 Å². The maximum Gasteiger partial charge on any atom is 0.229 e. The van der Waals surface area contributed by atoms with E-state index in [4.69, 9.17) is 34.8 Å². The van der Waals surface area contributed by atoms with Gasteiger partial charge in [-0.2, -0.15) is 0 Å². The van der Waals surface area contributed by atoms with Gasteiger partial charge in [-0.3, -0.25) is 9.59 Å². The summed E-state index contributed by atoms with van der Waals surface area (Å²) in [5.41, 5.74) is 2.19. The molecule has 0 aromatic heterocycles. The summed E-state index contributed by atoms with van der Waals surface area (Å²) in [6.45, 7) is 2.18.